The maximum absolute atomic E-state index is 12.6. The molecule has 1 aromatic carbocycles. The van der Waals surface area contributed by atoms with Crippen molar-refractivity contribution in [1.82, 2.24) is 4.90 Å². The van der Waals surface area contributed by atoms with Crippen LogP contribution in [0.1, 0.15) is 41.3 Å². The summed E-state index contributed by atoms with van der Waals surface area (Å²) in [6, 6.07) is 5.82. The number of amides is 1. The molecular weight excluding hydrogens is 254 g/mol. The summed E-state index contributed by atoms with van der Waals surface area (Å²) < 4.78 is 0. The van der Waals surface area contributed by atoms with Gasteiger partial charge >= 0.3 is 5.97 Å². The Morgan fingerprint density at radius 3 is 2.65 bits per heavy atom. The van der Waals surface area contributed by atoms with E-state index in [2.05, 4.69) is 0 Å². The molecular formula is C16H19NO3. The number of carboxylic acid groups (broad SMARTS) is 1. The van der Waals surface area contributed by atoms with Gasteiger partial charge in [-0.3, -0.25) is 4.79 Å². The normalized spacial score (nSPS) is 14.5. The first-order valence-corrected chi connectivity index (χ1v) is 6.85. The Bertz CT molecular complexity index is 559. The van der Waals surface area contributed by atoms with E-state index in [4.69, 9.17) is 5.11 Å². The molecule has 0 saturated heterocycles. The predicted octanol–water partition coefficient (Wildman–Crippen LogP) is 2.72. The molecule has 1 saturated carbocycles. The van der Waals surface area contributed by atoms with Crippen LogP contribution in [0.15, 0.2) is 24.3 Å². The monoisotopic (exact) mass is 273 g/mol. The molecule has 0 aromatic heterocycles. The Balaban J connectivity index is 2.27. The van der Waals surface area contributed by atoms with E-state index in [1.54, 1.807) is 6.07 Å². The fourth-order valence-electron chi connectivity index (χ4n) is 2.25. The van der Waals surface area contributed by atoms with Crippen LogP contribution in [0.25, 0.3) is 6.08 Å². The van der Waals surface area contributed by atoms with E-state index in [9.17, 15) is 9.59 Å². The molecule has 0 aliphatic heterocycles. The lowest BCUT2D eigenvalue weighted by Gasteiger charge is -2.21. The smallest absolute Gasteiger partial charge is 0.328 e. The topological polar surface area (TPSA) is 57.6 Å². The van der Waals surface area contributed by atoms with Crippen molar-refractivity contribution in [2.24, 2.45) is 0 Å². The second-order valence-corrected chi connectivity index (χ2v) is 5.07. The highest BCUT2D eigenvalue weighted by Crippen LogP contribution is 2.28. The molecule has 0 atom stereocenters. The van der Waals surface area contributed by atoms with E-state index in [0.29, 0.717) is 18.2 Å². The van der Waals surface area contributed by atoms with Crippen LogP contribution in [0.2, 0.25) is 0 Å². The molecule has 0 unspecified atom stereocenters. The third-order valence-electron chi connectivity index (χ3n) is 3.50. The second kappa shape index (κ2) is 5.90. The lowest BCUT2D eigenvalue weighted by atomic mass is 10.0. The van der Waals surface area contributed by atoms with E-state index in [-0.39, 0.29) is 5.91 Å². The van der Waals surface area contributed by atoms with Gasteiger partial charge in [0.2, 0.25) is 0 Å². The number of aryl methyl sites for hydroxylation is 1. The van der Waals surface area contributed by atoms with Crippen molar-refractivity contribution in [2.45, 2.75) is 32.7 Å². The fraction of sp³-hybridized carbons (Fsp3) is 0.375. The first-order chi connectivity index (χ1) is 9.52. The number of carboxylic acids is 1. The maximum Gasteiger partial charge on any atom is 0.328 e. The minimum Gasteiger partial charge on any atom is -0.478 e. The van der Waals surface area contributed by atoms with Gasteiger partial charge in [-0.15, -0.1) is 0 Å². The third-order valence-corrected chi connectivity index (χ3v) is 3.50. The van der Waals surface area contributed by atoms with Gasteiger partial charge in [-0.2, -0.15) is 0 Å². The molecule has 1 fully saturated rings. The molecule has 1 aliphatic rings. The van der Waals surface area contributed by atoms with Gasteiger partial charge in [0, 0.05) is 24.2 Å². The van der Waals surface area contributed by atoms with Gasteiger partial charge in [-0.05, 0) is 50.0 Å². The van der Waals surface area contributed by atoms with Gasteiger partial charge in [0.15, 0.2) is 0 Å². The van der Waals surface area contributed by atoms with Gasteiger partial charge in [0.25, 0.3) is 5.91 Å². The molecule has 0 spiro atoms. The Hall–Kier alpha value is -2.10. The zero-order chi connectivity index (χ0) is 14.7. The number of carbonyl (C=O) groups is 2. The molecule has 2 rings (SSSR count). The third kappa shape index (κ3) is 3.26. The molecule has 4 heteroatoms. The minimum absolute atomic E-state index is 0.0399. The van der Waals surface area contributed by atoms with E-state index in [1.165, 1.54) is 6.08 Å². The van der Waals surface area contributed by atoms with E-state index >= 15 is 0 Å². The van der Waals surface area contributed by atoms with Gasteiger partial charge in [-0.25, -0.2) is 4.79 Å². The number of hydrogen-bond donors (Lipinski definition) is 1. The standard InChI is InChI=1S/C16H19NO3/c1-3-17(13-7-8-13)16(20)14-10-12(5-4-11(14)2)6-9-15(18)19/h4-6,9-10,13H,3,7-8H2,1-2H3,(H,18,19). The summed E-state index contributed by atoms with van der Waals surface area (Å²) in [6.45, 7) is 4.59. The zero-order valence-corrected chi connectivity index (χ0v) is 11.8. The summed E-state index contributed by atoms with van der Waals surface area (Å²) in [5, 5.41) is 8.65. The Morgan fingerprint density at radius 1 is 1.40 bits per heavy atom. The zero-order valence-electron chi connectivity index (χ0n) is 11.8. The summed E-state index contributed by atoms with van der Waals surface area (Å²) in [5.41, 5.74) is 2.31. The molecule has 1 aliphatic carbocycles. The number of aliphatic carboxylic acids is 1. The predicted molar refractivity (Wildman–Crippen MR) is 77.6 cm³/mol. The van der Waals surface area contributed by atoms with E-state index in [1.807, 2.05) is 30.9 Å². The lowest BCUT2D eigenvalue weighted by Crippen LogP contribution is -2.33. The van der Waals surface area contributed by atoms with E-state index in [0.717, 1.165) is 30.0 Å². The molecule has 1 N–H and O–H groups in total. The highest BCUT2D eigenvalue weighted by molar-refractivity contribution is 5.97. The van der Waals surface area contributed by atoms with Gasteiger partial charge in [-0.1, -0.05) is 12.1 Å². The first kappa shape index (κ1) is 14.3. The lowest BCUT2D eigenvalue weighted by molar-refractivity contribution is -0.131. The summed E-state index contributed by atoms with van der Waals surface area (Å²) in [4.78, 5) is 25.0. The Labute approximate surface area is 118 Å². The molecule has 1 amide bonds. The average Bonchev–Trinajstić information content (AvgIpc) is 3.23. The van der Waals surface area contributed by atoms with Crippen LogP contribution in [0, 0.1) is 6.92 Å². The summed E-state index contributed by atoms with van der Waals surface area (Å²) in [6.07, 6.45) is 4.75. The fourth-order valence-corrected chi connectivity index (χ4v) is 2.25. The summed E-state index contributed by atoms with van der Waals surface area (Å²) in [7, 11) is 0. The maximum atomic E-state index is 12.6. The first-order valence-electron chi connectivity index (χ1n) is 6.85. The van der Waals surface area contributed by atoms with Crippen molar-refractivity contribution in [3.05, 3.63) is 41.0 Å². The number of benzene rings is 1. The molecule has 1 aromatic rings. The minimum atomic E-state index is -0.994. The summed E-state index contributed by atoms with van der Waals surface area (Å²) in [5.74, 6) is -0.954. The molecule has 0 heterocycles. The molecule has 0 radical (unpaired) electrons. The molecule has 4 nitrogen and oxygen atoms in total. The van der Waals surface area contributed by atoms with Crippen molar-refractivity contribution in [2.75, 3.05) is 6.54 Å². The Kier molecular flexibility index (Phi) is 4.23. The van der Waals surface area contributed by atoms with Crippen LogP contribution in [0.3, 0.4) is 0 Å². The average molecular weight is 273 g/mol. The SMILES string of the molecule is CCN(C(=O)c1cc(C=CC(=O)O)ccc1C)C1CC1. The van der Waals surface area contributed by atoms with Crippen molar-refractivity contribution in [1.29, 1.82) is 0 Å². The van der Waals surface area contributed by atoms with Gasteiger partial charge in [0.1, 0.15) is 0 Å². The van der Waals surface area contributed by atoms with Crippen LogP contribution < -0.4 is 0 Å². The van der Waals surface area contributed by atoms with Gasteiger partial charge < -0.3 is 10.0 Å². The van der Waals surface area contributed by atoms with Crippen molar-refractivity contribution in [3.8, 4) is 0 Å². The number of nitrogens with zero attached hydrogens (tertiary/aromatic N) is 1. The number of carbonyl (C=O) groups excluding carboxylic acids is 1. The van der Waals surface area contributed by atoms with Crippen LogP contribution in [-0.4, -0.2) is 34.5 Å². The van der Waals surface area contributed by atoms with Crippen molar-refractivity contribution in [3.63, 3.8) is 0 Å². The highest BCUT2D eigenvalue weighted by Gasteiger charge is 2.32. The molecule has 106 valence electrons. The summed E-state index contributed by atoms with van der Waals surface area (Å²) >= 11 is 0. The quantitative estimate of drug-likeness (QED) is 0.839. The molecule has 0 bridgehead atoms. The van der Waals surface area contributed by atoms with Crippen LogP contribution in [0.5, 0.6) is 0 Å². The van der Waals surface area contributed by atoms with Crippen LogP contribution in [0.4, 0.5) is 0 Å². The van der Waals surface area contributed by atoms with Crippen LogP contribution in [-0.2, 0) is 4.79 Å². The second-order valence-electron chi connectivity index (χ2n) is 5.07. The largest absolute Gasteiger partial charge is 0.478 e. The molecule has 20 heavy (non-hydrogen) atoms. The number of rotatable bonds is 5. The van der Waals surface area contributed by atoms with Crippen molar-refractivity contribution < 1.29 is 14.7 Å². The Morgan fingerprint density at radius 2 is 2.10 bits per heavy atom. The van der Waals surface area contributed by atoms with Crippen LogP contribution >= 0.6 is 0 Å². The highest BCUT2D eigenvalue weighted by atomic mass is 16.4. The number of hydrogen-bond acceptors (Lipinski definition) is 2. The van der Waals surface area contributed by atoms with Crippen molar-refractivity contribution >= 4 is 18.0 Å². The van der Waals surface area contributed by atoms with Gasteiger partial charge in [0.05, 0.1) is 0 Å². The van der Waals surface area contributed by atoms with E-state index < -0.39 is 5.97 Å².